The van der Waals surface area contributed by atoms with Gasteiger partial charge in [0.15, 0.2) is 0 Å². The van der Waals surface area contributed by atoms with Gasteiger partial charge in [0, 0.05) is 17.7 Å². The highest BCUT2D eigenvalue weighted by Gasteiger charge is 2.18. The number of ether oxygens (including phenoxy) is 1. The maximum absolute atomic E-state index is 13.3. The van der Waals surface area contributed by atoms with E-state index >= 15 is 0 Å². The molecule has 0 aliphatic carbocycles. The van der Waals surface area contributed by atoms with E-state index in [1.807, 2.05) is 0 Å². The van der Waals surface area contributed by atoms with E-state index < -0.39 is 22.4 Å². The van der Waals surface area contributed by atoms with Gasteiger partial charge in [-0.3, -0.25) is 14.9 Å². The predicted molar refractivity (Wildman–Crippen MR) is 53.2 cm³/mol. The molecular weight excluding hydrogens is 219 g/mol. The normalized spacial score (nSPS) is 9.88. The summed E-state index contributed by atoms with van der Waals surface area (Å²) in [6.07, 6.45) is -0.372. The number of nitrogens with zero attached hydrogens (tertiary/aromatic N) is 1. The monoisotopic (exact) mass is 228 g/mol. The fourth-order valence-electron chi connectivity index (χ4n) is 1.14. The van der Waals surface area contributed by atoms with Crippen LogP contribution >= 0.6 is 0 Å². The van der Waals surface area contributed by atoms with Crippen molar-refractivity contribution in [2.45, 2.75) is 6.42 Å². The maximum atomic E-state index is 13.3. The van der Waals surface area contributed by atoms with E-state index in [2.05, 4.69) is 4.74 Å². The Morgan fingerprint density at radius 1 is 1.62 bits per heavy atom. The molecule has 0 aliphatic heterocycles. The minimum Gasteiger partial charge on any atom is -0.469 e. The third-order valence-electron chi connectivity index (χ3n) is 1.95. The Bertz CT molecular complexity index is 447. The molecule has 7 heteroatoms. The lowest BCUT2D eigenvalue weighted by Crippen LogP contribution is -2.07. The number of benzene rings is 1. The van der Waals surface area contributed by atoms with Crippen LogP contribution in [-0.4, -0.2) is 18.0 Å². The predicted octanol–water partition coefficient (Wildman–Crippen LogP) is 1.03. The number of nitro benzene ring substituents is 1. The number of nitrogen functional groups attached to an aromatic ring is 1. The Morgan fingerprint density at radius 3 is 2.75 bits per heavy atom. The van der Waals surface area contributed by atoms with E-state index in [4.69, 9.17) is 5.73 Å². The molecule has 6 nitrogen and oxygen atoms in total. The molecule has 0 spiro atoms. The highest BCUT2D eigenvalue weighted by Crippen LogP contribution is 2.25. The Kier molecular flexibility index (Phi) is 3.39. The van der Waals surface area contributed by atoms with Crippen molar-refractivity contribution >= 4 is 17.3 Å². The SMILES string of the molecule is COC(=O)Cc1cc([N+](=O)[O-])c(N)cc1F. The topological polar surface area (TPSA) is 95.5 Å². The zero-order valence-corrected chi connectivity index (χ0v) is 8.40. The summed E-state index contributed by atoms with van der Waals surface area (Å²) in [7, 11) is 1.14. The van der Waals surface area contributed by atoms with Crippen molar-refractivity contribution in [3.05, 3.63) is 33.6 Å². The molecule has 16 heavy (non-hydrogen) atoms. The van der Waals surface area contributed by atoms with Crippen LogP contribution in [0.1, 0.15) is 5.56 Å². The summed E-state index contributed by atoms with van der Waals surface area (Å²) in [4.78, 5) is 20.7. The summed E-state index contributed by atoms with van der Waals surface area (Å²) in [5, 5.41) is 10.5. The van der Waals surface area contributed by atoms with Gasteiger partial charge in [0.1, 0.15) is 11.5 Å². The average Bonchev–Trinajstić information content (AvgIpc) is 2.21. The Hall–Kier alpha value is -2.18. The van der Waals surface area contributed by atoms with Gasteiger partial charge in [-0.25, -0.2) is 4.39 Å². The second-order valence-corrected chi connectivity index (χ2v) is 3.01. The van der Waals surface area contributed by atoms with Crippen molar-refractivity contribution in [3.63, 3.8) is 0 Å². The molecule has 0 amide bonds. The van der Waals surface area contributed by atoms with Crippen molar-refractivity contribution in [3.8, 4) is 0 Å². The summed E-state index contributed by atoms with van der Waals surface area (Å²) in [5.41, 5.74) is 4.43. The number of hydrogen-bond donors (Lipinski definition) is 1. The first-order valence-electron chi connectivity index (χ1n) is 4.24. The Balaban J connectivity index is 3.14. The smallest absolute Gasteiger partial charge is 0.310 e. The van der Waals surface area contributed by atoms with Gasteiger partial charge in [-0.05, 0) is 0 Å². The first-order chi connectivity index (χ1) is 7.45. The number of anilines is 1. The van der Waals surface area contributed by atoms with Crippen LogP contribution in [0.25, 0.3) is 0 Å². The van der Waals surface area contributed by atoms with Crippen molar-refractivity contribution < 1.29 is 18.8 Å². The average molecular weight is 228 g/mol. The lowest BCUT2D eigenvalue weighted by Gasteiger charge is -2.03. The quantitative estimate of drug-likeness (QED) is 0.361. The minimum absolute atomic E-state index is 0.118. The van der Waals surface area contributed by atoms with Crippen LogP contribution in [0.2, 0.25) is 0 Å². The lowest BCUT2D eigenvalue weighted by atomic mass is 10.1. The Morgan fingerprint density at radius 2 is 2.25 bits per heavy atom. The number of carbonyl (C=O) groups is 1. The summed E-state index contributed by atoms with van der Waals surface area (Å²) in [5.74, 6) is -1.45. The van der Waals surface area contributed by atoms with Gasteiger partial charge in [-0.15, -0.1) is 0 Å². The number of esters is 1. The molecule has 86 valence electrons. The fraction of sp³-hybridized carbons (Fsp3) is 0.222. The summed E-state index contributed by atoms with van der Waals surface area (Å²) in [6, 6.07) is 1.75. The van der Waals surface area contributed by atoms with Crippen molar-refractivity contribution in [1.82, 2.24) is 0 Å². The number of rotatable bonds is 3. The van der Waals surface area contributed by atoms with Crippen LogP contribution in [-0.2, 0) is 16.0 Å². The van der Waals surface area contributed by atoms with Gasteiger partial charge >= 0.3 is 5.97 Å². The zero-order valence-electron chi connectivity index (χ0n) is 8.40. The molecule has 1 aromatic carbocycles. The van der Waals surface area contributed by atoms with Gasteiger partial charge in [0.2, 0.25) is 0 Å². The number of halogens is 1. The summed E-state index contributed by atoms with van der Waals surface area (Å²) < 4.78 is 17.6. The van der Waals surface area contributed by atoms with Crippen LogP contribution in [0.3, 0.4) is 0 Å². The maximum Gasteiger partial charge on any atom is 0.310 e. The van der Waals surface area contributed by atoms with Crippen LogP contribution in [0.4, 0.5) is 15.8 Å². The molecule has 2 N–H and O–H groups in total. The zero-order chi connectivity index (χ0) is 12.3. The van der Waals surface area contributed by atoms with E-state index in [0.29, 0.717) is 0 Å². The first-order valence-corrected chi connectivity index (χ1v) is 4.24. The second-order valence-electron chi connectivity index (χ2n) is 3.01. The van der Waals surface area contributed by atoms with Crippen molar-refractivity contribution in [2.75, 3.05) is 12.8 Å². The molecule has 0 fully saturated rings. The second kappa shape index (κ2) is 4.56. The number of methoxy groups -OCH3 is 1. The largest absolute Gasteiger partial charge is 0.469 e. The molecule has 0 saturated heterocycles. The third kappa shape index (κ3) is 2.44. The van der Waals surface area contributed by atoms with Gasteiger partial charge < -0.3 is 10.5 Å². The standard InChI is InChI=1S/C9H9FN2O4/c1-16-9(13)3-5-2-8(12(14)15)7(11)4-6(5)10/h2,4H,3,11H2,1H3. The van der Waals surface area contributed by atoms with Gasteiger partial charge in [-0.1, -0.05) is 0 Å². The molecule has 0 saturated carbocycles. The van der Waals surface area contributed by atoms with Crippen LogP contribution in [0, 0.1) is 15.9 Å². The minimum atomic E-state index is -0.770. The molecule has 0 aromatic heterocycles. The van der Waals surface area contributed by atoms with Crippen LogP contribution < -0.4 is 5.73 Å². The van der Waals surface area contributed by atoms with E-state index in [1.54, 1.807) is 0 Å². The highest BCUT2D eigenvalue weighted by atomic mass is 19.1. The molecule has 0 bridgehead atoms. The number of nitrogens with two attached hydrogens (primary N) is 1. The lowest BCUT2D eigenvalue weighted by molar-refractivity contribution is -0.384. The molecule has 0 aliphatic rings. The number of carbonyl (C=O) groups excluding carboxylic acids is 1. The third-order valence-corrected chi connectivity index (χ3v) is 1.95. The van der Waals surface area contributed by atoms with E-state index in [1.165, 1.54) is 0 Å². The van der Waals surface area contributed by atoms with E-state index in [-0.39, 0.29) is 17.7 Å². The van der Waals surface area contributed by atoms with Crippen molar-refractivity contribution in [2.24, 2.45) is 0 Å². The summed E-state index contributed by atoms with van der Waals surface area (Å²) in [6.45, 7) is 0. The number of nitro groups is 1. The van der Waals surface area contributed by atoms with Crippen LogP contribution in [0.15, 0.2) is 12.1 Å². The molecule has 0 heterocycles. The fourth-order valence-corrected chi connectivity index (χ4v) is 1.14. The van der Waals surface area contributed by atoms with Gasteiger partial charge in [-0.2, -0.15) is 0 Å². The van der Waals surface area contributed by atoms with E-state index in [0.717, 1.165) is 19.2 Å². The summed E-state index contributed by atoms with van der Waals surface area (Å²) >= 11 is 0. The Labute approximate surface area is 90.0 Å². The van der Waals surface area contributed by atoms with Crippen molar-refractivity contribution in [1.29, 1.82) is 0 Å². The van der Waals surface area contributed by atoms with Gasteiger partial charge in [0.25, 0.3) is 5.69 Å². The molecule has 1 rings (SSSR count). The highest BCUT2D eigenvalue weighted by molar-refractivity contribution is 5.73. The van der Waals surface area contributed by atoms with E-state index in [9.17, 15) is 19.3 Å². The molecule has 0 radical (unpaired) electrons. The van der Waals surface area contributed by atoms with Crippen LogP contribution in [0.5, 0.6) is 0 Å². The van der Waals surface area contributed by atoms with Gasteiger partial charge in [0.05, 0.1) is 18.5 Å². The molecular formula is C9H9FN2O4. The molecule has 0 unspecified atom stereocenters. The molecule has 1 aromatic rings. The number of hydrogen-bond acceptors (Lipinski definition) is 5. The molecule has 0 atom stereocenters. The first kappa shape index (κ1) is 11.9.